The van der Waals surface area contributed by atoms with Crippen LogP contribution in [0.3, 0.4) is 0 Å². The summed E-state index contributed by atoms with van der Waals surface area (Å²) >= 11 is 0. The molecule has 0 N–H and O–H groups in total. The fourth-order valence-corrected chi connectivity index (χ4v) is 0.905. The van der Waals surface area contributed by atoms with Crippen molar-refractivity contribution < 1.29 is 4.74 Å². The Morgan fingerprint density at radius 2 is 2.12 bits per heavy atom. The Kier molecular flexibility index (Phi) is 1.31. The molecule has 0 aliphatic heterocycles. The van der Waals surface area contributed by atoms with Crippen LogP contribution in [0.1, 0.15) is 27.2 Å². The maximum Gasteiger partial charge on any atom is 0.0632 e. The minimum absolute atomic E-state index is 0.496. The second-order valence-corrected chi connectivity index (χ2v) is 3.14. The molecule has 0 saturated heterocycles. The van der Waals surface area contributed by atoms with Crippen molar-refractivity contribution in [3.8, 4) is 0 Å². The zero-order valence-corrected chi connectivity index (χ0v) is 5.90. The molecule has 1 nitrogen and oxygen atoms in total. The first kappa shape index (κ1) is 6.09. The molecule has 0 aromatic heterocycles. The van der Waals surface area contributed by atoms with Crippen molar-refractivity contribution in [2.75, 3.05) is 6.61 Å². The third-order valence-electron chi connectivity index (χ3n) is 1.79. The highest BCUT2D eigenvalue weighted by atomic mass is 16.5. The van der Waals surface area contributed by atoms with Crippen molar-refractivity contribution in [1.82, 2.24) is 0 Å². The van der Waals surface area contributed by atoms with E-state index >= 15 is 0 Å². The molecule has 0 spiro atoms. The van der Waals surface area contributed by atoms with E-state index in [4.69, 9.17) is 4.74 Å². The maximum absolute atomic E-state index is 5.37. The monoisotopic (exact) mass is 114 g/mol. The summed E-state index contributed by atoms with van der Waals surface area (Å²) in [6.07, 6.45) is 1.81. The molecule has 0 bridgehead atoms. The Bertz CT molecular complexity index is 86.4. The fraction of sp³-hybridized carbons (Fsp3) is 1.00. The van der Waals surface area contributed by atoms with E-state index < -0.39 is 0 Å². The average Bonchev–Trinajstić information content (AvgIpc) is 2.15. The molecule has 0 amide bonds. The first-order valence-corrected chi connectivity index (χ1v) is 3.28. The number of hydrogen-bond acceptors (Lipinski definition) is 1. The van der Waals surface area contributed by atoms with E-state index in [-0.39, 0.29) is 0 Å². The molecule has 1 saturated carbocycles. The molecule has 48 valence electrons. The lowest BCUT2D eigenvalue weighted by molar-refractivity contribution is 0.108. The van der Waals surface area contributed by atoms with Crippen LogP contribution in [0, 0.1) is 5.41 Å². The Hall–Kier alpha value is -0.0400. The zero-order valence-electron chi connectivity index (χ0n) is 5.90. The van der Waals surface area contributed by atoms with Crippen LogP contribution in [0.25, 0.3) is 0 Å². The highest BCUT2D eigenvalue weighted by Crippen LogP contribution is 2.46. The molecule has 0 aromatic carbocycles. The molecule has 1 aliphatic rings. The van der Waals surface area contributed by atoms with Crippen LogP contribution < -0.4 is 0 Å². The predicted molar refractivity (Wildman–Crippen MR) is 33.8 cm³/mol. The van der Waals surface area contributed by atoms with Crippen molar-refractivity contribution in [3.05, 3.63) is 0 Å². The summed E-state index contributed by atoms with van der Waals surface area (Å²) < 4.78 is 5.37. The zero-order chi connectivity index (χ0) is 6.20. The van der Waals surface area contributed by atoms with Crippen molar-refractivity contribution in [3.63, 3.8) is 0 Å². The van der Waals surface area contributed by atoms with Crippen molar-refractivity contribution in [2.24, 2.45) is 5.41 Å². The number of rotatable bonds is 2. The predicted octanol–water partition coefficient (Wildman–Crippen LogP) is 1.82. The van der Waals surface area contributed by atoms with Gasteiger partial charge in [-0.25, -0.2) is 0 Å². The third kappa shape index (κ3) is 1.03. The van der Waals surface area contributed by atoms with E-state index in [0.29, 0.717) is 11.5 Å². The largest absolute Gasteiger partial charge is 0.378 e. The summed E-state index contributed by atoms with van der Waals surface area (Å²) in [5.74, 6) is 0. The summed E-state index contributed by atoms with van der Waals surface area (Å²) in [6.45, 7) is 7.41. The SMILES string of the molecule is CCOC1CC1(C)C. The molecule has 1 heteroatoms. The molecule has 1 aliphatic carbocycles. The minimum atomic E-state index is 0.496. The molecule has 1 unspecified atom stereocenters. The van der Waals surface area contributed by atoms with Gasteiger partial charge in [0.1, 0.15) is 0 Å². The van der Waals surface area contributed by atoms with Gasteiger partial charge in [0.2, 0.25) is 0 Å². The molecule has 0 heterocycles. The standard InChI is InChI=1S/C7H14O/c1-4-8-6-5-7(6,2)3/h6H,4-5H2,1-3H3. The van der Waals surface area contributed by atoms with Crippen LogP contribution in [0.15, 0.2) is 0 Å². The van der Waals surface area contributed by atoms with Gasteiger partial charge in [-0.1, -0.05) is 13.8 Å². The summed E-state index contributed by atoms with van der Waals surface area (Å²) in [5, 5.41) is 0. The van der Waals surface area contributed by atoms with E-state index in [2.05, 4.69) is 20.8 Å². The highest BCUT2D eigenvalue weighted by molar-refractivity contribution is 4.96. The summed E-state index contributed by atoms with van der Waals surface area (Å²) in [7, 11) is 0. The Morgan fingerprint density at radius 3 is 2.25 bits per heavy atom. The van der Waals surface area contributed by atoms with E-state index in [1.54, 1.807) is 0 Å². The molecule has 0 radical (unpaired) electrons. The molecule has 1 atom stereocenters. The Morgan fingerprint density at radius 1 is 1.62 bits per heavy atom. The van der Waals surface area contributed by atoms with Crippen molar-refractivity contribution in [1.29, 1.82) is 0 Å². The number of ether oxygens (including phenoxy) is 1. The van der Waals surface area contributed by atoms with Crippen LogP contribution >= 0.6 is 0 Å². The first-order chi connectivity index (χ1) is 3.67. The normalized spacial score (nSPS) is 32.6. The Balaban J connectivity index is 2.17. The van der Waals surface area contributed by atoms with Crippen LogP contribution in [-0.4, -0.2) is 12.7 Å². The molecule has 0 aromatic rings. The van der Waals surface area contributed by atoms with Crippen LogP contribution in [0.5, 0.6) is 0 Å². The first-order valence-electron chi connectivity index (χ1n) is 3.28. The second kappa shape index (κ2) is 1.73. The lowest BCUT2D eigenvalue weighted by Gasteiger charge is -2.00. The van der Waals surface area contributed by atoms with E-state index in [1.165, 1.54) is 6.42 Å². The van der Waals surface area contributed by atoms with E-state index in [0.717, 1.165) is 6.61 Å². The number of hydrogen-bond donors (Lipinski definition) is 0. The summed E-state index contributed by atoms with van der Waals surface area (Å²) in [4.78, 5) is 0. The lowest BCUT2D eigenvalue weighted by Crippen LogP contribution is -2.00. The van der Waals surface area contributed by atoms with Gasteiger partial charge >= 0.3 is 0 Å². The van der Waals surface area contributed by atoms with E-state index in [1.807, 2.05) is 0 Å². The van der Waals surface area contributed by atoms with Crippen molar-refractivity contribution >= 4 is 0 Å². The van der Waals surface area contributed by atoms with Crippen LogP contribution in [0.2, 0.25) is 0 Å². The van der Waals surface area contributed by atoms with Crippen molar-refractivity contribution in [2.45, 2.75) is 33.3 Å². The molecular formula is C7H14O. The topological polar surface area (TPSA) is 9.23 Å². The highest BCUT2D eigenvalue weighted by Gasteiger charge is 2.46. The summed E-state index contributed by atoms with van der Waals surface area (Å²) in [5.41, 5.74) is 0.496. The third-order valence-corrected chi connectivity index (χ3v) is 1.79. The van der Waals surface area contributed by atoms with Gasteiger partial charge in [-0.2, -0.15) is 0 Å². The second-order valence-electron chi connectivity index (χ2n) is 3.14. The van der Waals surface area contributed by atoms with Crippen LogP contribution in [-0.2, 0) is 4.74 Å². The fourth-order valence-electron chi connectivity index (χ4n) is 0.905. The minimum Gasteiger partial charge on any atom is -0.378 e. The van der Waals surface area contributed by atoms with Gasteiger partial charge in [0.15, 0.2) is 0 Å². The van der Waals surface area contributed by atoms with Gasteiger partial charge in [0.05, 0.1) is 6.10 Å². The average molecular weight is 114 g/mol. The van der Waals surface area contributed by atoms with Gasteiger partial charge in [-0.15, -0.1) is 0 Å². The molecule has 1 fully saturated rings. The van der Waals surface area contributed by atoms with Gasteiger partial charge in [-0.05, 0) is 18.8 Å². The lowest BCUT2D eigenvalue weighted by atomic mass is 10.2. The summed E-state index contributed by atoms with van der Waals surface area (Å²) in [6, 6.07) is 0. The molecular weight excluding hydrogens is 100 g/mol. The van der Waals surface area contributed by atoms with E-state index in [9.17, 15) is 0 Å². The Labute approximate surface area is 51.0 Å². The van der Waals surface area contributed by atoms with Gasteiger partial charge in [-0.3, -0.25) is 0 Å². The quantitative estimate of drug-likeness (QED) is 0.532. The molecule has 8 heavy (non-hydrogen) atoms. The van der Waals surface area contributed by atoms with Crippen LogP contribution in [0.4, 0.5) is 0 Å². The maximum atomic E-state index is 5.37. The van der Waals surface area contributed by atoms with Gasteiger partial charge < -0.3 is 4.74 Å². The molecule has 1 rings (SSSR count). The van der Waals surface area contributed by atoms with Gasteiger partial charge in [0, 0.05) is 6.61 Å². The van der Waals surface area contributed by atoms with Gasteiger partial charge in [0.25, 0.3) is 0 Å². The smallest absolute Gasteiger partial charge is 0.0632 e.